The highest BCUT2D eigenvalue weighted by Crippen LogP contribution is 2.03. The van der Waals surface area contributed by atoms with E-state index in [4.69, 9.17) is 4.74 Å². The number of aliphatic hydroxyl groups is 1. The van der Waals surface area contributed by atoms with Crippen molar-refractivity contribution in [2.45, 2.75) is 32.5 Å². The average Bonchev–Trinajstić information content (AvgIpc) is 2.15. The molecule has 0 saturated heterocycles. The van der Waals surface area contributed by atoms with Gasteiger partial charge in [-0.25, -0.2) is 4.79 Å². The Morgan fingerprint density at radius 1 is 1.57 bits per heavy atom. The SMILES string of the molecule is CCOC(=O)C(O)CC(C)OCC=O. The lowest BCUT2D eigenvalue weighted by atomic mass is 10.2. The number of esters is 1. The first kappa shape index (κ1) is 13.1. The van der Waals surface area contributed by atoms with Crippen LogP contribution in [-0.2, 0) is 19.1 Å². The van der Waals surface area contributed by atoms with Crippen LogP contribution in [0.25, 0.3) is 0 Å². The fourth-order valence-electron chi connectivity index (χ4n) is 0.921. The molecule has 14 heavy (non-hydrogen) atoms. The van der Waals surface area contributed by atoms with Crippen molar-refractivity contribution in [1.29, 1.82) is 0 Å². The Bertz CT molecular complexity index is 180. The van der Waals surface area contributed by atoms with E-state index >= 15 is 0 Å². The molecule has 0 fully saturated rings. The van der Waals surface area contributed by atoms with E-state index in [1.165, 1.54) is 0 Å². The first-order valence-electron chi connectivity index (χ1n) is 4.51. The van der Waals surface area contributed by atoms with Crippen LogP contribution in [0.3, 0.4) is 0 Å². The van der Waals surface area contributed by atoms with E-state index in [9.17, 15) is 14.7 Å². The molecule has 0 rings (SSSR count). The van der Waals surface area contributed by atoms with E-state index in [2.05, 4.69) is 4.74 Å². The van der Waals surface area contributed by atoms with Gasteiger partial charge in [0.05, 0.1) is 12.7 Å². The summed E-state index contributed by atoms with van der Waals surface area (Å²) >= 11 is 0. The molecule has 0 heterocycles. The summed E-state index contributed by atoms with van der Waals surface area (Å²) in [5, 5.41) is 9.28. The van der Waals surface area contributed by atoms with E-state index in [1.807, 2.05) is 0 Å². The van der Waals surface area contributed by atoms with E-state index in [-0.39, 0.29) is 25.7 Å². The number of hydrogen-bond donors (Lipinski definition) is 1. The monoisotopic (exact) mass is 204 g/mol. The summed E-state index contributed by atoms with van der Waals surface area (Å²) < 4.78 is 9.55. The Kier molecular flexibility index (Phi) is 6.96. The summed E-state index contributed by atoms with van der Waals surface area (Å²) in [6.45, 7) is 3.54. The summed E-state index contributed by atoms with van der Waals surface area (Å²) in [6.07, 6.45) is -0.781. The van der Waals surface area contributed by atoms with E-state index in [1.54, 1.807) is 13.8 Å². The Hall–Kier alpha value is -0.940. The van der Waals surface area contributed by atoms with Gasteiger partial charge in [-0.05, 0) is 13.8 Å². The van der Waals surface area contributed by atoms with Crippen LogP contribution in [0.4, 0.5) is 0 Å². The molecule has 0 radical (unpaired) electrons. The Morgan fingerprint density at radius 3 is 2.71 bits per heavy atom. The third-order valence-electron chi connectivity index (χ3n) is 1.56. The van der Waals surface area contributed by atoms with Crippen molar-refractivity contribution in [2.24, 2.45) is 0 Å². The zero-order chi connectivity index (χ0) is 11.0. The molecule has 0 aromatic heterocycles. The minimum Gasteiger partial charge on any atom is -0.464 e. The van der Waals surface area contributed by atoms with Crippen LogP contribution in [0.1, 0.15) is 20.3 Å². The van der Waals surface area contributed by atoms with Gasteiger partial charge in [0.2, 0.25) is 0 Å². The van der Waals surface area contributed by atoms with Crippen LogP contribution in [0.5, 0.6) is 0 Å². The molecule has 0 aromatic rings. The fraction of sp³-hybridized carbons (Fsp3) is 0.778. The molecule has 2 atom stereocenters. The second kappa shape index (κ2) is 7.46. The third kappa shape index (κ3) is 5.66. The Labute approximate surface area is 83.0 Å². The van der Waals surface area contributed by atoms with Crippen LogP contribution >= 0.6 is 0 Å². The number of rotatable bonds is 7. The minimum atomic E-state index is -1.18. The van der Waals surface area contributed by atoms with Crippen LogP contribution < -0.4 is 0 Å². The largest absolute Gasteiger partial charge is 0.464 e. The van der Waals surface area contributed by atoms with Crippen molar-refractivity contribution in [3.05, 3.63) is 0 Å². The molecule has 0 aliphatic rings. The first-order chi connectivity index (χ1) is 6.61. The van der Waals surface area contributed by atoms with E-state index in [0.717, 1.165) is 0 Å². The molecular formula is C9H16O5. The number of ether oxygens (including phenoxy) is 2. The molecule has 0 aliphatic carbocycles. The van der Waals surface area contributed by atoms with Crippen molar-refractivity contribution in [1.82, 2.24) is 0 Å². The lowest BCUT2D eigenvalue weighted by Gasteiger charge is -2.14. The number of aldehydes is 1. The van der Waals surface area contributed by atoms with Gasteiger partial charge in [0, 0.05) is 6.42 Å². The number of aliphatic hydroxyl groups excluding tert-OH is 1. The maximum absolute atomic E-state index is 11.0. The minimum absolute atomic E-state index is 0.0310. The van der Waals surface area contributed by atoms with E-state index in [0.29, 0.717) is 6.29 Å². The van der Waals surface area contributed by atoms with Crippen molar-refractivity contribution >= 4 is 12.3 Å². The van der Waals surface area contributed by atoms with Gasteiger partial charge in [0.25, 0.3) is 0 Å². The van der Waals surface area contributed by atoms with E-state index < -0.39 is 12.1 Å². The maximum atomic E-state index is 11.0. The van der Waals surface area contributed by atoms with Gasteiger partial charge < -0.3 is 19.4 Å². The maximum Gasteiger partial charge on any atom is 0.335 e. The third-order valence-corrected chi connectivity index (χ3v) is 1.56. The molecule has 2 unspecified atom stereocenters. The molecule has 0 bridgehead atoms. The molecular weight excluding hydrogens is 188 g/mol. The van der Waals surface area contributed by atoms with Crippen molar-refractivity contribution in [3.63, 3.8) is 0 Å². The Morgan fingerprint density at radius 2 is 2.21 bits per heavy atom. The second-order valence-electron chi connectivity index (χ2n) is 2.81. The summed E-state index contributed by atoms with van der Waals surface area (Å²) in [5.74, 6) is -0.658. The highest BCUT2D eigenvalue weighted by Gasteiger charge is 2.19. The summed E-state index contributed by atoms with van der Waals surface area (Å²) in [4.78, 5) is 20.9. The zero-order valence-electron chi connectivity index (χ0n) is 8.43. The summed E-state index contributed by atoms with van der Waals surface area (Å²) in [7, 11) is 0. The van der Waals surface area contributed by atoms with Gasteiger partial charge in [-0.3, -0.25) is 0 Å². The lowest BCUT2D eigenvalue weighted by molar-refractivity contribution is -0.154. The smallest absolute Gasteiger partial charge is 0.335 e. The molecule has 0 saturated carbocycles. The Balaban J connectivity index is 3.74. The van der Waals surface area contributed by atoms with Gasteiger partial charge in [-0.2, -0.15) is 0 Å². The fourth-order valence-corrected chi connectivity index (χ4v) is 0.921. The van der Waals surface area contributed by atoms with Crippen molar-refractivity contribution in [3.8, 4) is 0 Å². The highest BCUT2D eigenvalue weighted by molar-refractivity contribution is 5.74. The summed E-state index contributed by atoms with van der Waals surface area (Å²) in [6, 6.07) is 0. The van der Waals surface area contributed by atoms with Gasteiger partial charge in [-0.15, -0.1) is 0 Å². The van der Waals surface area contributed by atoms with Crippen molar-refractivity contribution < 1.29 is 24.2 Å². The molecule has 0 aliphatic heterocycles. The zero-order valence-corrected chi connectivity index (χ0v) is 8.43. The van der Waals surface area contributed by atoms with Gasteiger partial charge >= 0.3 is 5.97 Å². The topological polar surface area (TPSA) is 72.8 Å². The lowest BCUT2D eigenvalue weighted by Crippen LogP contribution is -2.28. The molecule has 0 spiro atoms. The molecule has 82 valence electrons. The standard InChI is InChI=1S/C9H16O5/c1-3-13-9(12)8(11)6-7(2)14-5-4-10/h4,7-8,11H,3,5-6H2,1-2H3. The number of hydrogen-bond acceptors (Lipinski definition) is 5. The molecule has 0 amide bonds. The second-order valence-corrected chi connectivity index (χ2v) is 2.81. The first-order valence-corrected chi connectivity index (χ1v) is 4.51. The van der Waals surface area contributed by atoms with Crippen LogP contribution in [0.15, 0.2) is 0 Å². The average molecular weight is 204 g/mol. The summed E-state index contributed by atoms with van der Waals surface area (Å²) in [5.41, 5.74) is 0. The molecule has 5 heteroatoms. The van der Waals surface area contributed by atoms with Crippen LogP contribution in [0, 0.1) is 0 Å². The predicted octanol–water partition coefficient (Wildman–Crippen LogP) is -0.0955. The van der Waals surface area contributed by atoms with Crippen molar-refractivity contribution in [2.75, 3.05) is 13.2 Å². The normalized spacial score (nSPS) is 14.5. The quantitative estimate of drug-likeness (QED) is 0.463. The molecule has 5 nitrogen and oxygen atoms in total. The molecule has 1 N–H and O–H groups in total. The van der Waals surface area contributed by atoms with Gasteiger partial charge in [-0.1, -0.05) is 0 Å². The van der Waals surface area contributed by atoms with Gasteiger partial charge in [0.1, 0.15) is 12.9 Å². The number of carbonyl (C=O) groups is 2. The highest BCUT2D eigenvalue weighted by atomic mass is 16.5. The van der Waals surface area contributed by atoms with Crippen LogP contribution in [0.2, 0.25) is 0 Å². The van der Waals surface area contributed by atoms with Gasteiger partial charge in [0.15, 0.2) is 6.10 Å². The molecule has 0 aromatic carbocycles. The number of carbonyl (C=O) groups excluding carboxylic acids is 2. The van der Waals surface area contributed by atoms with Crippen LogP contribution in [-0.4, -0.2) is 42.8 Å². The predicted molar refractivity (Wildman–Crippen MR) is 48.7 cm³/mol.